The fourth-order valence-corrected chi connectivity index (χ4v) is 3.76. The van der Waals surface area contributed by atoms with Gasteiger partial charge in [0.25, 0.3) is 0 Å². The summed E-state index contributed by atoms with van der Waals surface area (Å²) in [6, 6.07) is 4.48. The van der Waals surface area contributed by atoms with Gasteiger partial charge in [0.1, 0.15) is 5.75 Å². The molecule has 0 amide bonds. The molecule has 2 aliphatic rings. The maximum atomic E-state index is 5.82. The minimum absolute atomic E-state index is 0.347. The van der Waals surface area contributed by atoms with E-state index in [0.29, 0.717) is 25.4 Å². The van der Waals surface area contributed by atoms with Gasteiger partial charge in [-0.3, -0.25) is 4.90 Å². The lowest BCUT2D eigenvalue weighted by Gasteiger charge is -2.27. The quantitative estimate of drug-likeness (QED) is 0.905. The van der Waals surface area contributed by atoms with Gasteiger partial charge in [0.2, 0.25) is 0 Å². The summed E-state index contributed by atoms with van der Waals surface area (Å²) in [5.41, 5.74) is 8.30. The number of likely N-dealkylation sites (tertiary alicyclic amines) is 1. The molecule has 2 unspecified atom stereocenters. The third kappa shape index (κ3) is 2.40. The molecule has 2 aliphatic heterocycles. The second kappa shape index (κ2) is 5.40. The Morgan fingerprint density at radius 1 is 1.47 bits per heavy atom. The largest absolute Gasteiger partial charge is 0.467 e. The Morgan fingerprint density at radius 3 is 3.05 bits per heavy atom. The van der Waals surface area contributed by atoms with E-state index in [0.717, 1.165) is 29.7 Å². The number of ether oxygens (including phenoxy) is 2. The van der Waals surface area contributed by atoms with Crippen LogP contribution in [-0.4, -0.2) is 31.8 Å². The summed E-state index contributed by atoms with van der Waals surface area (Å²) in [5.74, 6) is 1.53. The molecular formula is C14H19BrN2O2. The van der Waals surface area contributed by atoms with Crippen LogP contribution in [0.2, 0.25) is 0 Å². The molecule has 3 rings (SSSR count). The van der Waals surface area contributed by atoms with Gasteiger partial charge in [-0.15, -0.1) is 0 Å². The van der Waals surface area contributed by atoms with Crippen molar-refractivity contribution < 1.29 is 9.47 Å². The zero-order valence-corrected chi connectivity index (χ0v) is 12.6. The van der Waals surface area contributed by atoms with E-state index in [1.807, 2.05) is 6.07 Å². The van der Waals surface area contributed by atoms with Gasteiger partial charge in [0.15, 0.2) is 6.79 Å². The average molecular weight is 327 g/mol. The van der Waals surface area contributed by atoms with Crippen molar-refractivity contribution in [3.8, 4) is 5.75 Å². The molecule has 0 aliphatic carbocycles. The molecule has 2 atom stereocenters. The van der Waals surface area contributed by atoms with E-state index in [2.05, 4.69) is 33.9 Å². The van der Waals surface area contributed by atoms with E-state index in [-0.39, 0.29) is 0 Å². The minimum atomic E-state index is 0.347. The number of hydrogen-bond acceptors (Lipinski definition) is 4. The van der Waals surface area contributed by atoms with Crippen LogP contribution >= 0.6 is 15.9 Å². The van der Waals surface area contributed by atoms with Crippen molar-refractivity contribution in [3.05, 3.63) is 27.7 Å². The molecule has 104 valence electrons. The van der Waals surface area contributed by atoms with Gasteiger partial charge in [-0.05, 0) is 43.6 Å². The molecule has 1 aromatic rings. The predicted molar refractivity (Wildman–Crippen MR) is 77.0 cm³/mol. The van der Waals surface area contributed by atoms with Crippen LogP contribution in [-0.2, 0) is 11.3 Å². The first-order chi connectivity index (χ1) is 9.20. The number of rotatable bonds is 2. The maximum Gasteiger partial charge on any atom is 0.189 e. The van der Waals surface area contributed by atoms with Crippen molar-refractivity contribution in [2.75, 3.05) is 26.9 Å². The summed E-state index contributed by atoms with van der Waals surface area (Å²) in [5, 5.41) is 0. The van der Waals surface area contributed by atoms with Crippen LogP contribution in [0.1, 0.15) is 23.6 Å². The van der Waals surface area contributed by atoms with Crippen LogP contribution in [0.15, 0.2) is 16.6 Å². The van der Waals surface area contributed by atoms with Crippen LogP contribution in [0.25, 0.3) is 0 Å². The van der Waals surface area contributed by atoms with Crippen molar-refractivity contribution in [1.29, 1.82) is 0 Å². The Labute approximate surface area is 122 Å². The number of nitrogens with zero attached hydrogens (tertiary/aromatic N) is 1. The summed E-state index contributed by atoms with van der Waals surface area (Å²) in [4.78, 5) is 2.38. The standard InChI is InChI=1S/C14H19BrN2O2/c1-17-6-9(5-16)4-12(17)14-10-7-18-8-19-13(10)3-2-11(14)15/h2-3,9,12H,4-8,16H2,1H3. The molecule has 1 saturated heterocycles. The Morgan fingerprint density at radius 2 is 2.32 bits per heavy atom. The van der Waals surface area contributed by atoms with Crippen molar-refractivity contribution in [2.24, 2.45) is 11.7 Å². The summed E-state index contributed by atoms with van der Waals surface area (Å²) in [7, 11) is 2.16. The zero-order chi connectivity index (χ0) is 13.4. The zero-order valence-electron chi connectivity index (χ0n) is 11.1. The van der Waals surface area contributed by atoms with E-state index in [9.17, 15) is 0 Å². The minimum Gasteiger partial charge on any atom is -0.467 e. The molecule has 0 aromatic heterocycles. The lowest BCUT2D eigenvalue weighted by atomic mass is 9.95. The molecule has 1 aromatic carbocycles. The Hall–Kier alpha value is -0.620. The molecule has 0 saturated carbocycles. The summed E-state index contributed by atoms with van der Waals surface area (Å²) in [6.07, 6.45) is 1.10. The lowest BCUT2D eigenvalue weighted by molar-refractivity contribution is -0.0173. The van der Waals surface area contributed by atoms with Gasteiger partial charge in [0.05, 0.1) is 6.61 Å². The van der Waals surface area contributed by atoms with Gasteiger partial charge >= 0.3 is 0 Å². The van der Waals surface area contributed by atoms with Crippen LogP contribution in [0.5, 0.6) is 5.75 Å². The van der Waals surface area contributed by atoms with Crippen LogP contribution in [0, 0.1) is 5.92 Å². The van der Waals surface area contributed by atoms with E-state index in [1.165, 1.54) is 11.1 Å². The number of fused-ring (bicyclic) bond motifs is 1. The molecule has 5 heteroatoms. The molecular weight excluding hydrogens is 308 g/mol. The molecule has 1 fully saturated rings. The predicted octanol–water partition coefficient (Wildman–Crippen LogP) is 2.27. The Bertz CT molecular complexity index is 481. The third-order valence-corrected chi connectivity index (χ3v) is 4.80. The molecule has 2 N–H and O–H groups in total. The molecule has 2 heterocycles. The highest BCUT2D eigenvalue weighted by molar-refractivity contribution is 9.10. The van der Waals surface area contributed by atoms with Gasteiger partial charge in [-0.25, -0.2) is 0 Å². The first-order valence-electron chi connectivity index (χ1n) is 6.62. The number of benzene rings is 1. The van der Waals surface area contributed by atoms with Gasteiger partial charge in [-0.1, -0.05) is 15.9 Å². The smallest absolute Gasteiger partial charge is 0.189 e. The molecule has 0 radical (unpaired) electrons. The SMILES string of the molecule is CN1CC(CN)CC1c1c(Br)ccc2c1COCO2. The Balaban J connectivity index is 2.00. The number of hydrogen-bond donors (Lipinski definition) is 1. The number of nitrogens with two attached hydrogens (primary N) is 1. The summed E-state index contributed by atoms with van der Waals surface area (Å²) >= 11 is 3.69. The number of halogens is 1. The van der Waals surface area contributed by atoms with Crippen molar-refractivity contribution in [3.63, 3.8) is 0 Å². The van der Waals surface area contributed by atoms with E-state index < -0.39 is 0 Å². The van der Waals surface area contributed by atoms with Crippen molar-refractivity contribution in [1.82, 2.24) is 4.90 Å². The van der Waals surface area contributed by atoms with Crippen LogP contribution in [0.3, 0.4) is 0 Å². The van der Waals surface area contributed by atoms with Crippen molar-refractivity contribution in [2.45, 2.75) is 19.1 Å². The van der Waals surface area contributed by atoms with Gasteiger partial charge in [-0.2, -0.15) is 0 Å². The Kier molecular flexibility index (Phi) is 3.80. The van der Waals surface area contributed by atoms with Crippen LogP contribution < -0.4 is 10.5 Å². The molecule has 4 nitrogen and oxygen atoms in total. The highest BCUT2D eigenvalue weighted by Gasteiger charge is 2.33. The fraction of sp³-hybridized carbons (Fsp3) is 0.571. The lowest BCUT2D eigenvalue weighted by Crippen LogP contribution is -2.22. The first kappa shape index (κ1) is 13.4. The summed E-state index contributed by atoms with van der Waals surface area (Å²) < 4.78 is 12.2. The normalized spacial score (nSPS) is 27.1. The molecule has 0 bridgehead atoms. The monoisotopic (exact) mass is 326 g/mol. The topological polar surface area (TPSA) is 47.7 Å². The maximum absolute atomic E-state index is 5.82. The molecule has 0 spiro atoms. The van der Waals surface area contributed by atoms with Gasteiger partial charge < -0.3 is 15.2 Å². The summed E-state index contributed by atoms with van der Waals surface area (Å²) in [6.45, 7) is 2.78. The van der Waals surface area contributed by atoms with Crippen molar-refractivity contribution >= 4 is 15.9 Å². The second-order valence-corrected chi connectivity index (χ2v) is 6.20. The van der Waals surface area contributed by atoms with E-state index >= 15 is 0 Å². The highest BCUT2D eigenvalue weighted by Crippen LogP contribution is 2.42. The highest BCUT2D eigenvalue weighted by atomic mass is 79.9. The van der Waals surface area contributed by atoms with Crippen LogP contribution in [0.4, 0.5) is 0 Å². The second-order valence-electron chi connectivity index (χ2n) is 5.34. The van der Waals surface area contributed by atoms with E-state index in [1.54, 1.807) is 0 Å². The fourth-order valence-electron chi connectivity index (χ4n) is 3.12. The van der Waals surface area contributed by atoms with Gasteiger partial charge in [0, 0.05) is 22.6 Å². The third-order valence-electron chi connectivity index (χ3n) is 4.11. The first-order valence-corrected chi connectivity index (χ1v) is 7.42. The average Bonchev–Trinajstić information content (AvgIpc) is 2.80. The van der Waals surface area contributed by atoms with E-state index in [4.69, 9.17) is 15.2 Å². The molecule has 19 heavy (non-hydrogen) atoms.